The van der Waals surface area contributed by atoms with Crippen LogP contribution in [0.4, 0.5) is 5.82 Å². The van der Waals surface area contributed by atoms with E-state index in [1.807, 2.05) is 6.07 Å². The molecule has 4 N–H and O–H groups in total. The van der Waals surface area contributed by atoms with Gasteiger partial charge < -0.3 is 20.8 Å². The number of benzene rings is 1. The van der Waals surface area contributed by atoms with Crippen LogP contribution in [0.1, 0.15) is 56.6 Å². The van der Waals surface area contributed by atoms with Crippen molar-refractivity contribution in [2.24, 2.45) is 11.8 Å². The summed E-state index contributed by atoms with van der Waals surface area (Å²) < 4.78 is 1.57. The van der Waals surface area contributed by atoms with Crippen LogP contribution in [0.2, 0.25) is 0 Å². The first-order chi connectivity index (χ1) is 18.0. The van der Waals surface area contributed by atoms with Crippen molar-refractivity contribution in [3.05, 3.63) is 35.9 Å². The number of aromatic nitrogens is 5. The lowest BCUT2D eigenvalue weighted by atomic mass is 10.0. The number of carbonyl (C=O) groups is 1. The van der Waals surface area contributed by atoms with Gasteiger partial charge in [-0.1, -0.05) is 54.2 Å². The van der Waals surface area contributed by atoms with Gasteiger partial charge in [-0.2, -0.15) is 0 Å². The Balaban J connectivity index is 1.26. The Bertz CT molecular complexity index is 1270. The Morgan fingerprint density at radius 2 is 1.95 bits per heavy atom. The standard InChI is InChI=1S/C26H33N7O3S/c1-2-10-37-26-29-23(28-18-11-16(18)15-6-4-3-5-7-15)20-24(30-26)33(32-31-20)19-12-17(21(34)22(19)35)25(36)27-13-14-8-9-14/h3-7,14,16-19,21-22,34-35H,2,8-13H2,1H3,(H,27,36)(H,28,29,30). The number of anilines is 1. The van der Waals surface area contributed by atoms with Gasteiger partial charge in [-0.25, -0.2) is 14.6 Å². The molecule has 3 aromatic rings. The van der Waals surface area contributed by atoms with Gasteiger partial charge in [0.05, 0.1) is 18.1 Å². The lowest BCUT2D eigenvalue weighted by molar-refractivity contribution is -0.128. The van der Waals surface area contributed by atoms with Crippen molar-refractivity contribution in [1.82, 2.24) is 30.3 Å². The molecule has 6 atom stereocenters. The molecule has 0 bridgehead atoms. The fraction of sp³-hybridized carbons (Fsp3) is 0.577. The van der Waals surface area contributed by atoms with Gasteiger partial charge in [0.2, 0.25) is 5.91 Å². The van der Waals surface area contributed by atoms with Gasteiger partial charge in [-0.05, 0) is 43.6 Å². The summed E-state index contributed by atoms with van der Waals surface area (Å²) in [4.78, 5) is 22.2. The second-order valence-corrected chi connectivity index (χ2v) is 11.6. The van der Waals surface area contributed by atoms with Crippen molar-refractivity contribution in [3.63, 3.8) is 0 Å². The van der Waals surface area contributed by atoms with Crippen molar-refractivity contribution < 1.29 is 15.0 Å². The van der Waals surface area contributed by atoms with Crippen LogP contribution in [0.3, 0.4) is 0 Å². The fourth-order valence-corrected chi connectivity index (χ4v) is 5.89. The molecule has 3 aliphatic carbocycles. The van der Waals surface area contributed by atoms with E-state index < -0.39 is 24.2 Å². The molecule has 3 fully saturated rings. The molecular formula is C26H33N7O3S. The minimum Gasteiger partial charge on any atom is -0.390 e. The average molecular weight is 524 g/mol. The van der Waals surface area contributed by atoms with E-state index in [2.05, 4.69) is 52.1 Å². The van der Waals surface area contributed by atoms with Crippen LogP contribution >= 0.6 is 11.8 Å². The molecule has 196 valence electrons. The van der Waals surface area contributed by atoms with Crippen molar-refractivity contribution in [1.29, 1.82) is 0 Å². The monoisotopic (exact) mass is 523 g/mol. The molecule has 0 saturated heterocycles. The molecular weight excluding hydrogens is 490 g/mol. The van der Waals surface area contributed by atoms with Gasteiger partial charge in [-0.15, -0.1) is 5.10 Å². The molecule has 0 radical (unpaired) electrons. The zero-order chi connectivity index (χ0) is 25.5. The van der Waals surface area contributed by atoms with Crippen LogP contribution in [0, 0.1) is 11.8 Å². The summed E-state index contributed by atoms with van der Waals surface area (Å²) >= 11 is 1.56. The lowest BCUT2D eigenvalue weighted by Crippen LogP contribution is -2.38. The predicted octanol–water partition coefficient (Wildman–Crippen LogP) is 2.50. The molecule has 6 rings (SSSR count). The van der Waals surface area contributed by atoms with E-state index in [1.54, 1.807) is 16.4 Å². The first-order valence-corrected chi connectivity index (χ1v) is 14.2. The molecule has 0 aliphatic heterocycles. The van der Waals surface area contributed by atoms with E-state index in [0.717, 1.165) is 31.4 Å². The quantitative estimate of drug-likeness (QED) is 0.233. The summed E-state index contributed by atoms with van der Waals surface area (Å²) in [5, 5.41) is 37.5. The van der Waals surface area contributed by atoms with Crippen LogP contribution < -0.4 is 10.6 Å². The van der Waals surface area contributed by atoms with E-state index in [1.165, 1.54) is 5.56 Å². The van der Waals surface area contributed by atoms with Gasteiger partial charge in [0, 0.05) is 24.3 Å². The maximum Gasteiger partial charge on any atom is 0.225 e. The lowest BCUT2D eigenvalue weighted by Gasteiger charge is -2.17. The van der Waals surface area contributed by atoms with Crippen molar-refractivity contribution in [3.8, 4) is 0 Å². The number of carbonyl (C=O) groups excluding carboxylic acids is 1. The Labute approximate surface area is 219 Å². The molecule has 3 saturated carbocycles. The Kier molecular flexibility index (Phi) is 6.76. The largest absolute Gasteiger partial charge is 0.390 e. The Morgan fingerprint density at radius 3 is 2.70 bits per heavy atom. The SMILES string of the molecule is CCCSc1nc(NC2CC2c2ccccc2)c2nnn(C3CC(C(=O)NCC4CC4)C(O)C3O)c2n1. The molecule has 0 spiro atoms. The summed E-state index contributed by atoms with van der Waals surface area (Å²) in [5.74, 6) is 1.53. The Morgan fingerprint density at radius 1 is 1.14 bits per heavy atom. The maximum atomic E-state index is 12.7. The number of amides is 1. The highest BCUT2D eigenvalue weighted by atomic mass is 32.2. The number of rotatable bonds is 10. The number of hydrogen-bond donors (Lipinski definition) is 4. The second kappa shape index (κ2) is 10.2. The number of aliphatic hydroxyl groups is 2. The molecule has 10 nitrogen and oxygen atoms in total. The molecule has 11 heteroatoms. The van der Waals surface area contributed by atoms with Gasteiger partial charge in [0.1, 0.15) is 6.10 Å². The molecule has 6 unspecified atom stereocenters. The number of aliphatic hydroxyl groups excluding tert-OH is 2. The summed E-state index contributed by atoms with van der Waals surface area (Å²) in [6.07, 6.45) is 2.19. The molecule has 2 aromatic heterocycles. The topological polar surface area (TPSA) is 138 Å². The van der Waals surface area contributed by atoms with Crippen LogP contribution in [0.5, 0.6) is 0 Å². The number of thioether (sulfide) groups is 1. The third-order valence-corrected chi connectivity index (χ3v) is 8.70. The highest BCUT2D eigenvalue weighted by Gasteiger charge is 2.47. The minimum atomic E-state index is -1.17. The van der Waals surface area contributed by atoms with Gasteiger partial charge in [-0.3, -0.25) is 4.79 Å². The summed E-state index contributed by atoms with van der Waals surface area (Å²) in [7, 11) is 0. The third-order valence-electron chi connectivity index (χ3n) is 7.64. The maximum absolute atomic E-state index is 12.7. The molecule has 1 aromatic carbocycles. The molecule has 37 heavy (non-hydrogen) atoms. The van der Waals surface area contributed by atoms with Crippen LogP contribution in [0.25, 0.3) is 11.2 Å². The van der Waals surface area contributed by atoms with E-state index in [-0.39, 0.29) is 18.4 Å². The summed E-state index contributed by atoms with van der Waals surface area (Å²) in [6, 6.07) is 10.1. The van der Waals surface area contributed by atoms with E-state index in [0.29, 0.717) is 40.5 Å². The van der Waals surface area contributed by atoms with E-state index in [4.69, 9.17) is 9.97 Å². The highest BCUT2D eigenvalue weighted by Crippen LogP contribution is 2.44. The number of hydrogen-bond acceptors (Lipinski definition) is 9. The number of nitrogens with one attached hydrogen (secondary N) is 2. The normalized spacial score (nSPS) is 28.9. The Hall–Kier alpha value is -2.76. The zero-order valence-corrected chi connectivity index (χ0v) is 21.6. The zero-order valence-electron chi connectivity index (χ0n) is 20.8. The van der Waals surface area contributed by atoms with Crippen LogP contribution in [-0.4, -0.2) is 71.6 Å². The number of nitrogens with zero attached hydrogens (tertiary/aromatic N) is 5. The van der Waals surface area contributed by atoms with Gasteiger partial charge >= 0.3 is 0 Å². The summed E-state index contributed by atoms with van der Waals surface area (Å²) in [6.45, 7) is 2.73. The smallest absolute Gasteiger partial charge is 0.225 e. The minimum absolute atomic E-state index is 0.220. The average Bonchev–Trinajstić information content (AvgIpc) is 3.83. The first-order valence-electron chi connectivity index (χ1n) is 13.2. The number of fused-ring (bicyclic) bond motifs is 1. The van der Waals surface area contributed by atoms with Crippen molar-refractivity contribution in [2.45, 2.75) is 74.4 Å². The third kappa shape index (κ3) is 5.04. The molecule has 3 aliphatic rings. The van der Waals surface area contributed by atoms with Crippen molar-refractivity contribution >= 4 is 34.7 Å². The van der Waals surface area contributed by atoms with Crippen molar-refractivity contribution in [2.75, 3.05) is 17.6 Å². The molecule has 2 heterocycles. The second-order valence-electron chi connectivity index (χ2n) is 10.5. The van der Waals surface area contributed by atoms with E-state index >= 15 is 0 Å². The van der Waals surface area contributed by atoms with Gasteiger partial charge in [0.25, 0.3) is 0 Å². The van der Waals surface area contributed by atoms with E-state index in [9.17, 15) is 15.0 Å². The van der Waals surface area contributed by atoms with Gasteiger partial charge in [0.15, 0.2) is 22.1 Å². The predicted molar refractivity (Wildman–Crippen MR) is 140 cm³/mol. The highest BCUT2D eigenvalue weighted by molar-refractivity contribution is 7.99. The van der Waals surface area contributed by atoms with Crippen LogP contribution in [-0.2, 0) is 4.79 Å². The molecule has 1 amide bonds. The van der Waals surface area contributed by atoms with Crippen LogP contribution in [0.15, 0.2) is 35.5 Å². The fourth-order valence-electron chi connectivity index (χ4n) is 5.20. The first kappa shape index (κ1) is 24.6. The summed E-state index contributed by atoms with van der Waals surface area (Å²) in [5.41, 5.74) is 2.33.